The van der Waals surface area contributed by atoms with E-state index < -0.39 is 0 Å². The van der Waals surface area contributed by atoms with Crippen LogP contribution in [0.4, 0.5) is 10.2 Å². The minimum absolute atomic E-state index is 0.236. The summed E-state index contributed by atoms with van der Waals surface area (Å²) in [4.78, 5) is 4.08. The van der Waals surface area contributed by atoms with Crippen molar-refractivity contribution in [2.24, 2.45) is 0 Å². The lowest BCUT2D eigenvalue weighted by molar-refractivity contribution is 0.558. The lowest BCUT2D eigenvalue weighted by Crippen LogP contribution is -2.24. The summed E-state index contributed by atoms with van der Waals surface area (Å²) in [7, 11) is 0. The molecule has 0 fully saturated rings. The third kappa shape index (κ3) is 2.90. The SMILES string of the molecule is CCNC(c1cc(C)ccc1F)c1cccnc1N. The Bertz CT molecular complexity index is 569. The predicted molar refractivity (Wildman–Crippen MR) is 75.3 cm³/mol. The predicted octanol–water partition coefficient (Wildman–Crippen LogP) is 2.81. The minimum Gasteiger partial charge on any atom is -0.383 e. The van der Waals surface area contributed by atoms with Crippen molar-refractivity contribution in [2.45, 2.75) is 19.9 Å². The van der Waals surface area contributed by atoms with Crippen molar-refractivity contribution in [3.8, 4) is 0 Å². The van der Waals surface area contributed by atoms with Gasteiger partial charge in [0.25, 0.3) is 0 Å². The van der Waals surface area contributed by atoms with E-state index in [1.165, 1.54) is 6.07 Å². The number of halogens is 1. The molecule has 3 nitrogen and oxygen atoms in total. The highest BCUT2D eigenvalue weighted by molar-refractivity contribution is 5.46. The molecule has 0 aliphatic carbocycles. The van der Waals surface area contributed by atoms with Gasteiger partial charge in [0.15, 0.2) is 0 Å². The summed E-state index contributed by atoms with van der Waals surface area (Å²) in [5, 5.41) is 3.26. The first-order valence-electron chi connectivity index (χ1n) is 6.33. The summed E-state index contributed by atoms with van der Waals surface area (Å²) >= 11 is 0. The van der Waals surface area contributed by atoms with Crippen LogP contribution in [-0.4, -0.2) is 11.5 Å². The zero-order valence-corrected chi connectivity index (χ0v) is 11.2. The van der Waals surface area contributed by atoms with Crippen LogP contribution < -0.4 is 11.1 Å². The maximum absolute atomic E-state index is 14.1. The molecule has 0 spiro atoms. The number of nitrogens with one attached hydrogen (secondary N) is 1. The lowest BCUT2D eigenvalue weighted by Gasteiger charge is -2.21. The fourth-order valence-corrected chi connectivity index (χ4v) is 2.15. The topological polar surface area (TPSA) is 50.9 Å². The highest BCUT2D eigenvalue weighted by atomic mass is 19.1. The normalized spacial score (nSPS) is 12.4. The van der Waals surface area contributed by atoms with E-state index in [-0.39, 0.29) is 11.9 Å². The number of aromatic nitrogens is 1. The van der Waals surface area contributed by atoms with Gasteiger partial charge in [0.2, 0.25) is 0 Å². The van der Waals surface area contributed by atoms with Crippen molar-refractivity contribution in [1.29, 1.82) is 0 Å². The molecule has 1 unspecified atom stereocenters. The summed E-state index contributed by atoms with van der Waals surface area (Å²) in [5.74, 6) is 0.189. The van der Waals surface area contributed by atoms with Crippen molar-refractivity contribution in [1.82, 2.24) is 10.3 Å². The van der Waals surface area contributed by atoms with Crippen molar-refractivity contribution >= 4 is 5.82 Å². The maximum atomic E-state index is 14.1. The van der Waals surface area contributed by atoms with Crippen LogP contribution in [0.1, 0.15) is 29.7 Å². The number of hydrogen-bond acceptors (Lipinski definition) is 3. The van der Waals surface area contributed by atoms with Gasteiger partial charge in [-0.2, -0.15) is 0 Å². The maximum Gasteiger partial charge on any atom is 0.128 e. The first-order chi connectivity index (χ1) is 9.13. The standard InChI is InChI=1S/C15H18FN3/c1-3-18-14(11-5-4-8-19-15(11)17)12-9-10(2)6-7-13(12)16/h4-9,14,18H,3H2,1-2H3,(H2,17,19). The smallest absolute Gasteiger partial charge is 0.128 e. The number of rotatable bonds is 4. The quantitative estimate of drug-likeness (QED) is 0.887. The summed E-state index contributed by atoms with van der Waals surface area (Å²) in [6, 6.07) is 8.49. The molecule has 0 saturated heterocycles. The number of nitrogen functional groups attached to an aromatic ring is 1. The third-order valence-corrected chi connectivity index (χ3v) is 3.05. The molecule has 3 N–H and O–H groups in total. The Labute approximate surface area is 112 Å². The molecule has 2 aromatic rings. The third-order valence-electron chi connectivity index (χ3n) is 3.05. The van der Waals surface area contributed by atoms with Crippen LogP contribution in [-0.2, 0) is 0 Å². The molecule has 0 bridgehead atoms. The van der Waals surface area contributed by atoms with E-state index in [2.05, 4.69) is 10.3 Å². The van der Waals surface area contributed by atoms with E-state index in [4.69, 9.17) is 5.73 Å². The second-order valence-corrected chi connectivity index (χ2v) is 4.49. The molecule has 0 saturated carbocycles. The molecule has 4 heteroatoms. The van der Waals surface area contributed by atoms with Gasteiger partial charge in [0.1, 0.15) is 11.6 Å². The van der Waals surface area contributed by atoms with Crippen molar-refractivity contribution in [3.05, 3.63) is 59.0 Å². The average molecular weight is 259 g/mol. The number of nitrogens with two attached hydrogens (primary N) is 1. The molecule has 1 heterocycles. The monoisotopic (exact) mass is 259 g/mol. The summed E-state index contributed by atoms with van der Waals surface area (Å²) in [5.41, 5.74) is 8.32. The van der Waals surface area contributed by atoms with Gasteiger partial charge >= 0.3 is 0 Å². The number of aryl methyl sites for hydroxylation is 1. The van der Waals surface area contributed by atoms with Crippen molar-refractivity contribution in [2.75, 3.05) is 12.3 Å². The minimum atomic E-state index is -0.279. The summed E-state index contributed by atoms with van der Waals surface area (Å²) < 4.78 is 14.1. The van der Waals surface area contributed by atoms with E-state index in [1.807, 2.05) is 32.0 Å². The van der Waals surface area contributed by atoms with Crippen LogP contribution in [0.3, 0.4) is 0 Å². The zero-order chi connectivity index (χ0) is 13.8. The summed E-state index contributed by atoms with van der Waals surface area (Å²) in [6.45, 7) is 4.64. The molecule has 2 rings (SSSR count). The zero-order valence-electron chi connectivity index (χ0n) is 11.2. The van der Waals surface area contributed by atoms with Gasteiger partial charge in [-0.1, -0.05) is 30.7 Å². The van der Waals surface area contributed by atoms with Gasteiger partial charge in [0, 0.05) is 17.3 Å². The van der Waals surface area contributed by atoms with E-state index in [1.54, 1.807) is 12.3 Å². The fraction of sp³-hybridized carbons (Fsp3) is 0.267. The Hall–Kier alpha value is -1.94. The molecule has 1 aromatic carbocycles. The molecule has 0 aliphatic rings. The number of hydrogen-bond donors (Lipinski definition) is 2. The molecule has 0 radical (unpaired) electrons. The van der Waals surface area contributed by atoms with Crippen LogP contribution in [0.25, 0.3) is 0 Å². The van der Waals surface area contributed by atoms with Crippen LogP contribution >= 0.6 is 0 Å². The molecular formula is C15H18FN3. The number of benzene rings is 1. The number of pyridine rings is 1. The molecule has 19 heavy (non-hydrogen) atoms. The first kappa shape index (κ1) is 13.5. The Balaban J connectivity index is 2.51. The molecule has 1 atom stereocenters. The van der Waals surface area contributed by atoms with E-state index in [9.17, 15) is 4.39 Å². The fourth-order valence-electron chi connectivity index (χ4n) is 2.15. The number of anilines is 1. The van der Waals surface area contributed by atoms with Crippen molar-refractivity contribution in [3.63, 3.8) is 0 Å². The van der Waals surface area contributed by atoms with E-state index >= 15 is 0 Å². The second kappa shape index (κ2) is 5.80. The Morgan fingerprint density at radius 2 is 2.11 bits per heavy atom. The van der Waals surface area contributed by atoms with Crippen LogP contribution in [0.15, 0.2) is 36.5 Å². The van der Waals surface area contributed by atoms with Gasteiger partial charge in [0.05, 0.1) is 6.04 Å². The number of nitrogens with zero attached hydrogens (tertiary/aromatic N) is 1. The molecule has 1 aromatic heterocycles. The van der Waals surface area contributed by atoms with Crippen LogP contribution in [0, 0.1) is 12.7 Å². The largest absolute Gasteiger partial charge is 0.383 e. The second-order valence-electron chi connectivity index (χ2n) is 4.49. The van der Waals surface area contributed by atoms with Gasteiger partial charge in [-0.3, -0.25) is 0 Å². The Morgan fingerprint density at radius 1 is 1.32 bits per heavy atom. The Kier molecular flexibility index (Phi) is 4.12. The molecular weight excluding hydrogens is 241 g/mol. The van der Waals surface area contributed by atoms with Crippen LogP contribution in [0.2, 0.25) is 0 Å². The van der Waals surface area contributed by atoms with Crippen LogP contribution in [0.5, 0.6) is 0 Å². The molecule has 0 aliphatic heterocycles. The van der Waals surface area contributed by atoms with E-state index in [0.29, 0.717) is 17.9 Å². The molecule has 0 amide bonds. The van der Waals surface area contributed by atoms with Crippen molar-refractivity contribution < 1.29 is 4.39 Å². The van der Waals surface area contributed by atoms with Gasteiger partial charge in [-0.15, -0.1) is 0 Å². The highest BCUT2D eigenvalue weighted by Crippen LogP contribution is 2.27. The average Bonchev–Trinajstić information content (AvgIpc) is 2.40. The van der Waals surface area contributed by atoms with E-state index in [0.717, 1.165) is 11.1 Å². The summed E-state index contributed by atoms with van der Waals surface area (Å²) in [6.07, 6.45) is 1.63. The Morgan fingerprint density at radius 3 is 2.79 bits per heavy atom. The molecule has 100 valence electrons. The lowest BCUT2D eigenvalue weighted by atomic mass is 9.97. The highest BCUT2D eigenvalue weighted by Gasteiger charge is 2.19. The van der Waals surface area contributed by atoms with Gasteiger partial charge in [-0.25, -0.2) is 9.37 Å². The van der Waals surface area contributed by atoms with Gasteiger partial charge < -0.3 is 11.1 Å². The van der Waals surface area contributed by atoms with Gasteiger partial charge in [-0.05, 0) is 25.6 Å². The first-order valence-corrected chi connectivity index (χ1v) is 6.33.